The van der Waals surface area contributed by atoms with Crippen LogP contribution in [0.4, 0.5) is 0 Å². The minimum atomic E-state index is -0.203. The molecular weight excluding hydrogens is 447 g/mol. The SMILES string of the molecule is CC(=O)OCCCCCCC=C[C@H]1[C@H]2C[C@H](CI)O[C@@H]2C[C@@H]1OC(C)=O. The van der Waals surface area contributed by atoms with Crippen molar-refractivity contribution in [2.24, 2.45) is 11.8 Å². The standard InChI is InChI=1S/C20H31IO5/c1-14(22)24-10-8-6-4-3-5-7-9-17-18-11-16(13-21)26-20(18)12-19(17)25-15(2)23/h7,9,16-20H,3-6,8,10-13H2,1-2H3/t16-,17+,18-,19+,20-/m1/s1. The Hall–Kier alpha value is -0.630. The minimum absolute atomic E-state index is 0.0439. The highest BCUT2D eigenvalue weighted by Crippen LogP contribution is 2.45. The Morgan fingerprint density at radius 3 is 2.58 bits per heavy atom. The first-order chi connectivity index (χ1) is 12.5. The third kappa shape index (κ3) is 6.83. The molecule has 0 unspecified atom stereocenters. The van der Waals surface area contributed by atoms with Gasteiger partial charge in [-0.15, -0.1) is 0 Å². The monoisotopic (exact) mass is 478 g/mol. The van der Waals surface area contributed by atoms with Crippen molar-refractivity contribution < 1.29 is 23.8 Å². The summed E-state index contributed by atoms with van der Waals surface area (Å²) in [7, 11) is 0. The number of rotatable bonds is 10. The Bertz CT molecular complexity index is 493. The summed E-state index contributed by atoms with van der Waals surface area (Å²) in [6.45, 7) is 3.46. The molecule has 148 valence electrons. The van der Waals surface area contributed by atoms with E-state index >= 15 is 0 Å². The number of fused-ring (bicyclic) bond motifs is 1. The molecule has 26 heavy (non-hydrogen) atoms. The van der Waals surface area contributed by atoms with Gasteiger partial charge in [0.05, 0.1) is 18.8 Å². The lowest BCUT2D eigenvalue weighted by Crippen LogP contribution is -2.24. The Morgan fingerprint density at radius 2 is 1.88 bits per heavy atom. The summed E-state index contributed by atoms with van der Waals surface area (Å²) in [5.74, 6) is 0.345. The van der Waals surface area contributed by atoms with Gasteiger partial charge in [-0.3, -0.25) is 9.59 Å². The number of esters is 2. The van der Waals surface area contributed by atoms with Crippen LogP contribution in [0.1, 0.15) is 58.8 Å². The number of unbranched alkanes of at least 4 members (excludes halogenated alkanes) is 4. The van der Waals surface area contributed by atoms with E-state index < -0.39 is 0 Å². The van der Waals surface area contributed by atoms with E-state index in [0.29, 0.717) is 18.6 Å². The van der Waals surface area contributed by atoms with Crippen LogP contribution < -0.4 is 0 Å². The highest BCUT2D eigenvalue weighted by Gasteiger charge is 2.49. The number of ether oxygens (including phenoxy) is 3. The fourth-order valence-corrected chi connectivity index (χ4v) is 4.62. The van der Waals surface area contributed by atoms with Crippen molar-refractivity contribution >= 4 is 34.5 Å². The highest BCUT2D eigenvalue weighted by molar-refractivity contribution is 14.1. The fraction of sp³-hybridized carbons (Fsp3) is 0.800. The predicted octanol–water partition coefficient (Wildman–Crippen LogP) is 4.22. The quantitative estimate of drug-likeness (QED) is 0.155. The maximum Gasteiger partial charge on any atom is 0.302 e. The van der Waals surface area contributed by atoms with Crippen molar-refractivity contribution in [3.63, 3.8) is 0 Å². The van der Waals surface area contributed by atoms with Crippen LogP contribution in [0.25, 0.3) is 0 Å². The second-order valence-corrected chi connectivity index (χ2v) is 8.16. The van der Waals surface area contributed by atoms with Gasteiger partial charge in [0.2, 0.25) is 0 Å². The summed E-state index contributed by atoms with van der Waals surface area (Å²) in [6, 6.07) is 0. The molecule has 5 nitrogen and oxygen atoms in total. The van der Waals surface area contributed by atoms with E-state index in [-0.39, 0.29) is 30.1 Å². The maximum atomic E-state index is 11.4. The lowest BCUT2D eigenvalue weighted by molar-refractivity contribution is -0.148. The van der Waals surface area contributed by atoms with Crippen LogP contribution in [-0.4, -0.2) is 41.3 Å². The third-order valence-electron chi connectivity index (χ3n) is 5.19. The molecule has 0 spiro atoms. The summed E-state index contributed by atoms with van der Waals surface area (Å²) >= 11 is 2.38. The van der Waals surface area contributed by atoms with Crippen LogP contribution in [0.3, 0.4) is 0 Å². The molecule has 0 bridgehead atoms. The van der Waals surface area contributed by atoms with Crippen molar-refractivity contribution in [1.29, 1.82) is 0 Å². The largest absolute Gasteiger partial charge is 0.466 e. The minimum Gasteiger partial charge on any atom is -0.466 e. The van der Waals surface area contributed by atoms with Crippen LogP contribution in [0.2, 0.25) is 0 Å². The van der Waals surface area contributed by atoms with Gasteiger partial charge < -0.3 is 14.2 Å². The molecule has 1 heterocycles. The Labute approximate surface area is 170 Å². The summed E-state index contributed by atoms with van der Waals surface area (Å²) in [5, 5.41) is 0. The van der Waals surface area contributed by atoms with Gasteiger partial charge in [0.25, 0.3) is 0 Å². The van der Waals surface area contributed by atoms with E-state index in [1.807, 2.05) is 0 Å². The van der Waals surface area contributed by atoms with Crippen LogP contribution in [0.5, 0.6) is 0 Å². The molecule has 2 rings (SSSR count). The Balaban J connectivity index is 1.72. The van der Waals surface area contributed by atoms with Crippen molar-refractivity contribution in [3.8, 4) is 0 Å². The van der Waals surface area contributed by atoms with Crippen molar-refractivity contribution in [2.75, 3.05) is 11.0 Å². The lowest BCUT2D eigenvalue weighted by atomic mass is 9.90. The van der Waals surface area contributed by atoms with Crippen molar-refractivity contribution in [1.82, 2.24) is 0 Å². The van der Waals surface area contributed by atoms with Crippen molar-refractivity contribution in [2.45, 2.75) is 77.1 Å². The number of halogens is 1. The zero-order valence-electron chi connectivity index (χ0n) is 15.8. The molecule has 1 saturated carbocycles. The van der Waals surface area contributed by atoms with E-state index in [1.165, 1.54) is 13.8 Å². The zero-order valence-corrected chi connectivity index (χ0v) is 18.0. The molecule has 0 N–H and O–H groups in total. The van der Waals surface area contributed by atoms with Crippen LogP contribution in [-0.2, 0) is 23.8 Å². The van der Waals surface area contributed by atoms with Gasteiger partial charge in [0.1, 0.15) is 6.10 Å². The first-order valence-electron chi connectivity index (χ1n) is 9.70. The van der Waals surface area contributed by atoms with Crippen LogP contribution in [0.15, 0.2) is 12.2 Å². The second-order valence-electron chi connectivity index (χ2n) is 7.28. The maximum absolute atomic E-state index is 11.4. The number of hydrogen-bond acceptors (Lipinski definition) is 5. The molecule has 0 aromatic rings. The van der Waals surface area contributed by atoms with Gasteiger partial charge in [-0.05, 0) is 31.6 Å². The highest BCUT2D eigenvalue weighted by atomic mass is 127. The number of carbonyl (C=O) groups is 2. The molecule has 2 aliphatic rings. The summed E-state index contributed by atoms with van der Waals surface area (Å²) < 4.78 is 17.6. The van der Waals surface area contributed by atoms with E-state index in [4.69, 9.17) is 14.2 Å². The number of hydrogen-bond donors (Lipinski definition) is 0. The normalized spacial score (nSPS) is 30.5. The third-order valence-corrected chi connectivity index (χ3v) is 6.17. The van der Waals surface area contributed by atoms with Crippen molar-refractivity contribution in [3.05, 3.63) is 12.2 Å². The van der Waals surface area contributed by atoms with Gasteiger partial charge in [0, 0.05) is 30.6 Å². The van der Waals surface area contributed by atoms with E-state index in [1.54, 1.807) is 0 Å². The molecule has 1 aliphatic carbocycles. The van der Waals surface area contributed by atoms with Crippen LogP contribution >= 0.6 is 22.6 Å². The van der Waals surface area contributed by atoms with Gasteiger partial charge >= 0.3 is 11.9 Å². The molecule has 2 fully saturated rings. The lowest BCUT2D eigenvalue weighted by Gasteiger charge is -2.21. The van der Waals surface area contributed by atoms with E-state index in [0.717, 1.165) is 49.4 Å². The number of alkyl halides is 1. The predicted molar refractivity (Wildman–Crippen MR) is 108 cm³/mol. The van der Waals surface area contributed by atoms with E-state index in [2.05, 4.69) is 34.7 Å². The molecule has 0 aromatic carbocycles. The van der Waals surface area contributed by atoms with E-state index in [9.17, 15) is 9.59 Å². The molecule has 6 heteroatoms. The number of carbonyl (C=O) groups excluding carboxylic acids is 2. The second kappa shape index (κ2) is 11.3. The summed E-state index contributed by atoms with van der Waals surface area (Å²) in [4.78, 5) is 22.1. The van der Waals surface area contributed by atoms with Gasteiger partial charge in [-0.2, -0.15) is 0 Å². The van der Waals surface area contributed by atoms with Gasteiger partial charge in [-0.25, -0.2) is 0 Å². The van der Waals surface area contributed by atoms with Gasteiger partial charge in [0.15, 0.2) is 0 Å². The Morgan fingerprint density at radius 1 is 1.12 bits per heavy atom. The molecular formula is C20H31IO5. The zero-order chi connectivity index (χ0) is 18.9. The van der Waals surface area contributed by atoms with Gasteiger partial charge in [-0.1, -0.05) is 47.6 Å². The van der Waals surface area contributed by atoms with Crippen LogP contribution in [0, 0.1) is 11.8 Å². The fourth-order valence-electron chi connectivity index (χ4n) is 4.05. The first kappa shape index (κ1) is 21.7. The Kier molecular flexibility index (Phi) is 9.39. The molecule has 5 atom stereocenters. The summed E-state index contributed by atoms with van der Waals surface area (Å²) in [6.07, 6.45) is 12.2. The molecule has 1 saturated heterocycles. The molecule has 0 amide bonds. The average molecular weight is 478 g/mol. The topological polar surface area (TPSA) is 61.8 Å². The molecule has 0 aromatic heterocycles. The average Bonchev–Trinajstić information content (AvgIpc) is 3.10. The first-order valence-corrected chi connectivity index (χ1v) is 11.2. The molecule has 1 aliphatic heterocycles. The number of allylic oxidation sites excluding steroid dienone is 1. The smallest absolute Gasteiger partial charge is 0.302 e. The summed E-state index contributed by atoms with van der Waals surface area (Å²) in [5.41, 5.74) is 0. The molecule has 0 radical (unpaired) electrons.